The molecule has 1 aliphatic rings. The maximum atomic E-state index is 15.4. The number of amides is 2. The summed E-state index contributed by atoms with van der Waals surface area (Å²) in [5.41, 5.74) is 2.46. The van der Waals surface area contributed by atoms with Crippen molar-refractivity contribution in [1.29, 1.82) is 0 Å². The second kappa shape index (κ2) is 12.6. The van der Waals surface area contributed by atoms with Gasteiger partial charge < -0.3 is 20.1 Å². The van der Waals surface area contributed by atoms with Crippen molar-refractivity contribution in [2.75, 3.05) is 51.4 Å². The van der Waals surface area contributed by atoms with Gasteiger partial charge in [0.15, 0.2) is 5.82 Å². The number of anilines is 2. The smallest absolute Gasteiger partial charge is 0.343 e. The van der Waals surface area contributed by atoms with E-state index >= 15 is 8.78 Å². The average molecular weight is 639 g/mol. The Kier molecular flexibility index (Phi) is 8.86. The van der Waals surface area contributed by atoms with E-state index in [1.54, 1.807) is 55.4 Å². The number of hydrogen-bond acceptors (Lipinski definition) is 8. The molecule has 2 aromatic carbocycles. The van der Waals surface area contributed by atoms with Crippen LogP contribution >= 0.6 is 10.0 Å². The summed E-state index contributed by atoms with van der Waals surface area (Å²) in [6.45, 7) is 0. The monoisotopic (exact) mass is 638 g/mol. The van der Waals surface area contributed by atoms with E-state index in [0.29, 0.717) is 33.2 Å². The van der Waals surface area contributed by atoms with Crippen molar-refractivity contribution < 1.29 is 18.4 Å². The van der Waals surface area contributed by atoms with Crippen LogP contribution in [0.4, 0.5) is 25.1 Å². The third-order valence-electron chi connectivity index (χ3n) is 7.06. The van der Waals surface area contributed by atoms with E-state index < -0.39 is 38.9 Å². The van der Waals surface area contributed by atoms with Gasteiger partial charge in [0.05, 0.1) is 23.4 Å². The molecule has 3 heterocycles. The molecule has 0 radical (unpaired) electrons. The Bertz CT molecular complexity index is 1870. The van der Waals surface area contributed by atoms with Crippen LogP contribution in [-0.2, 0) is 10.6 Å². The minimum absolute atomic E-state index is 0.145. The van der Waals surface area contributed by atoms with Gasteiger partial charge in [0.25, 0.3) is 5.56 Å². The lowest BCUT2D eigenvalue weighted by atomic mass is 10.0. The van der Waals surface area contributed by atoms with Gasteiger partial charge in [-0.15, -0.1) is 10.2 Å². The van der Waals surface area contributed by atoms with Gasteiger partial charge in [0.1, 0.15) is 11.6 Å². The average Bonchev–Trinajstić information content (AvgIpc) is 3.25. The van der Waals surface area contributed by atoms with Crippen LogP contribution in [0.5, 0.6) is 0 Å². The minimum Gasteiger partial charge on any atom is -0.361 e. The fourth-order valence-corrected chi connectivity index (χ4v) is 9.89. The molecule has 0 bridgehead atoms. The van der Waals surface area contributed by atoms with Crippen molar-refractivity contribution in [3.63, 3.8) is 0 Å². The Morgan fingerprint density at radius 2 is 1.64 bits per heavy atom. The fraction of sp³-hybridized carbons (Fsp3) is 0.233. The zero-order chi connectivity index (χ0) is 32.5. The number of hydrogen-bond donors (Lipinski definition) is 4. The molecule has 2 aromatic heterocycles. The van der Waals surface area contributed by atoms with Crippen molar-refractivity contribution in [3.05, 3.63) is 109 Å². The molecule has 2 amide bonds. The minimum atomic E-state index is -2.67. The molecular formula is C30H32F2N8O4S. The van der Waals surface area contributed by atoms with E-state index in [9.17, 15) is 14.4 Å². The van der Waals surface area contributed by atoms with Crippen molar-refractivity contribution in [3.8, 4) is 0 Å². The highest BCUT2D eigenvalue weighted by Gasteiger charge is 2.46. The predicted octanol–water partition coefficient (Wildman–Crippen LogP) is 3.69. The molecule has 1 atom stereocenters. The number of halogens is 2. The Morgan fingerprint density at radius 3 is 2.22 bits per heavy atom. The van der Waals surface area contributed by atoms with Crippen LogP contribution < -0.4 is 26.9 Å². The van der Waals surface area contributed by atoms with Gasteiger partial charge in [0.2, 0.25) is 0 Å². The number of aromatic nitrogens is 4. The zero-order valence-electron chi connectivity index (χ0n) is 25.2. The number of urea groups is 1. The maximum Gasteiger partial charge on any atom is 0.343 e. The van der Waals surface area contributed by atoms with E-state index in [1.165, 1.54) is 25.3 Å². The number of fused-ring (bicyclic) bond motifs is 1. The summed E-state index contributed by atoms with van der Waals surface area (Å²) in [4.78, 5) is 52.6. The van der Waals surface area contributed by atoms with E-state index in [1.807, 2.05) is 19.0 Å². The highest BCUT2D eigenvalue weighted by molar-refractivity contribution is 8.40. The van der Waals surface area contributed by atoms with Gasteiger partial charge >= 0.3 is 11.7 Å². The Hall–Kier alpha value is -4.86. The van der Waals surface area contributed by atoms with Crippen molar-refractivity contribution >= 4 is 38.0 Å². The van der Waals surface area contributed by atoms with Gasteiger partial charge in [-0.2, -0.15) is 10.0 Å². The molecule has 1 unspecified atom stereocenters. The topological polar surface area (TPSA) is 148 Å². The van der Waals surface area contributed by atoms with Crippen LogP contribution in [0.1, 0.15) is 22.4 Å². The van der Waals surface area contributed by atoms with E-state index in [0.717, 1.165) is 0 Å². The van der Waals surface area contributed by atoms with E-state index in [-0.39, 0.29) is 27.8 Å². The van der Waals surface area contributed by atoms with Crippen molar-refractivity contribution in [2.45, 2.75) is 10.8 Å². The number of aromatic amines is 2. The summed E-state index contributed by atoms with van der Waals surface area (Å²) < 4.78 is 30.7. The summed E-state index contributed by atoms with van der Waals surface area (Å²) in [5.74, 6) is -0.888. The normalized spacial score (nSPS) is 17.2. The molecular weight excluding hydrogens is 606 g/mol. The standard InChI is InChI=1S/C30H32F2N8O4S/c1-39(2)16-45(15-19-20(31)7-6-8-21(19)32)26(17-9-11-18(12-10-17)33-30(43)38-44-5)24(22-13-14-23(37-36-22)40(3)4)25-27(41)34-29(42)35-28(25)45/h6-14H,15-16H2,1-5H3,(H2,33,38,43)(H2,34,35,41,42). The van der Waals surface area contributed by atoms with E-state index in [2.05, 4.69) is 35.8 Å². The summed E-state index contributed by atoms with van der Waals surface area (Å²) in [5, 5.41) is 11.7. The van der Waals surface area contributed by atoms with Crippen molar-refractivity contribution in [1.82, 2.24) is 30.5 Å². The first-order chi connectivity index (χ1) is 21.4. The number of nitrogens with one attached hydrogen (secondary N) is 4. The number of nitrogens with zero attached hydrogens (tertiary/aromatic N) is 4. The van der Waals surface area contributed by atoms with Crippen LogP contribution in [0.3, 0.4) is 0 Å². The first-order valence-corrected chi connectivity index (χ1v) is 15.6. The molecule has 0 saturated carbocycles. The molecule has 1 aliphatic heterocycles. The molecule has 0 saturated heterocycles. The first-order valence-electron chi connectivity index (χ1n) is 13.6. The molecule has 15 heteroatoms. The molecule has 45 heavy (non-hydrogen) atoms. The largest absolute Gasteiger partial charge is 0.361 e. The quantitative estimate of drug-likeness (QED) is 0.160. The number of rotatable bonds is 9. The molecule has 0 spiro atoms. The summed E-state index contributed by atoms with van der Waals surface area (Å²) in [6, 6.07) is 13.3. The second-order valence-corrected chi connectivity index (χ2v) is 13.9. The Morgan fingerprint density at radius 1 is 0.956 bits per heavy atom. The number of hydroxylamine groups is 1. The molecule has 236 valence electrons. The molecule has 0 aliphatic carbocycles. The van der Waals surface area contributed by atoms with E-state index in [4.69, 9.17) is 0 Å². The third-order valence-corrected chi connectivity index (χ3v) is 11.1. The molecule has 4 N–H and O–H groups in total. The number of benzene rings is 2. The first kappa shape index (κ1) is 31.6. The second-order valence-electron chi connectivity index (χ2n) is 10.8. The van der Waals surface area contributed by atoms with Crippen LogP contribution in [0.15, 0.2) is 69.2 Å². The van der Waals surface area contributed by atoms with Gasteiger partial charge in [-0.1, -0.05) is 18.2 Å². The molecule has 0 fully saturated rings. The lowest BCUT2D eigenvalue weighted by Crippen LogP contribution is -2.29. The highest BCUT2D eigenvalue weighted by atomic mass is 32.3. The number of carbonyl (C=O) groups excluding carboxylic acids is 1. The van der Waals surface area contributed by atoms with Crippen LogP contribution in [-0.4, -0.2) is 72.3 Å². The zero-order valence-corrected chi connectivity index (χ0v) is 26.0. The Labute approximate surface area is 258 Å². The SMILES string of the molecule is CONC(=O)Nc1ccc(C2=C(c3ccc(N(C)C)nn3)c3c([nH]c(=O)[nH]c3=O)S2(Cc2c(F)cccc2F)CN(C)C)cc1. The molecule has 5 rings (SSSR count). The summed E-state index contributed by atoms with van der Waals surface area (Å²) >= 11 is 0. The maximum absolute atomic E-state index is 15.4. The summed E-state index contributed by atoms with van der Waals surface area (Å²) in [6.07, 6.45) is 0. The van der Waals surface area contributed by atoms with Crippen LogP contribution in [0.2, 0.25) is 0 Å². The van der Waals surface area contributed by atoms with Crippen LogP contribution in [0, 0.1) is 11.6 Å². The summed E-state index contributed by atoms with van der Waals surface area (Å²) in [7, 11) is 5.87. The lowest BCUT2D eigenvalue weighted by molar-refractivity contribution is 0.114. The molecule has 4 aromatic rings. The lowest BCUT2D eigenvalue weighted by Gasteiger charge is -2.41. The Balaban J connectivity index is 1.87. The van der Waals surface area contributed by atoms with Gasteiger partial charge in [-0.3, -0.25) is 14.6 Å². The van der Waals surface area contributed by atoms with Gasteiger partial charge in [0, 0.05) is 47.5 Å². The third kappa shape index (κ3) is 6.09. The fourth-order valence-electron chi connectivity index (χ4n) is 5.34. The number of carbonyl (C=O) groups is 1. The van der Waals surface area contributed by atoms with Gasteiger partial charge in [-0.05, 0) is 56.1 Å². The number of H-pyrrole nitrogens is 2. The van der Waals surface area contributed by atoms with Crippen molar-refractivity contribution in [2.24, 2.45) is 0 Å². The highest BCUT2D eigenvalue weighted by Crippen LogP contribution is 2.74. The van der Waals surface area contributed by atoms with Crippen LogP contribution in [0.25, 0.3) is 10.5 Å². The predicted molar refractivity (Wildman–Crippen MR) is 170 cm³/mol. The molecule has 12 nitrogen and oxygen atoms in total. The van der Waals surface area contributed by atoms with Gasteiger partial charge in [-0.25, -0.2) is 23.9 Å².